The summed E-state index contributed by atoms with van der Waals surface area (Å²) in [6.07, 6.45) is 0.877. The fraction of sp³-hybridized carbons (Fsp3) is 1.00. The molecule has 0 aromatic heterocycles. The van der Waals surface area contributed by atoms with Crippen LogP contribution in [0.4, 0.5) is 0 Å². The predicted molar refractivity (Wildman–Crippen MR) is 76.2 cm³/mol. The normalized spacial score (nSPS) is 11.0. The van der Waals surface area contributed by atoms with E-state index in [9.17, 15) is 0 Å². The molecule has 0 saturated heterocycles. The Hall–Kier alpha value is -0.0631. The molecule has 0 fully saturated rings. The summed E-state index contributed by atoms with van der Waals surface area (Å²) in [6, 6.07) is 0.785. The van der Waals surface area contributed by atoms with Crippen molar-refractivity contribution in [1.82, 2.24) is 5.32 Å². The average Bonchev–Trinajstić information content (AvgIpc) is 2.42. The van der Waals surface area contributed by atoms with Crippen molar-refractivity contribution < 1.29 is 13.3 Å². The van der Waals surface area contributed by atoms with Crippen molar-refractivity contribution in [3.63, 3.8) is 0 Å². The van der Waals surface area contributed by atoms with Crippen LogP contribution in [0.1, 0.15) is 6.42 Å². The molecule has 0 aliphatic rings. The van der Waals surface area contributed by atoms with Crippen molar-refractivity contribution in [2.24, 2.45) is 17.2 Å². The Labute approximate surface area is 112 Å². The van der Waals surface area contributed by atoms with E-state index in [0.717, 1.165) is 25.6 Å². The molecule has 18 heavy (non-hydrogen) atoms. The second kappa shape index (κ2) is 15.0. The lowest BCUT2D eigenvalue weighted by atomic mass is 10.5. The van der Waals surface area contributed by atoms with Crippen LogP contribution in [0, 0.1) is 0 Å². The molecule has 0 rings (SSSR count). The van der Waals surface area contributed by atoms with E-state index in [1.54, 1.807) is 21.3 Å². The summed E-state index contributed by atoms with van der Waals surface area (Å²) in [5, 5.41) is 3.03. The Balaban J connectivity index is 0. The third kappa shape index (κ3) is 11.1. The van der Waals surface area contributed by atoms with Gasteiger partial charge in [-0.3, -0.25) is 0 Å². The summed E-state index contributed by atoms with van der Waals surface area (Å²) >= 11 is 0. The second-order valence-electron chi connectivity index (χ2n) is 3.51. The van der Waals surface area contributed by atoms with Crippen LogP contribution in [0.2, 0.25) is 6.04 Å². The zero-order chi connectivity index (χ0) is 14.3. The van der Waals surface area contributed by atoms with Crippen molar-refractivity contribution in [1.29, 1.82) is 0 Å². The highest BCUT2D eigenvalue weighted by atomic mass is 28.4. The number of nitrogens with one attached hydrogen (secondary N) is 1. The van der Waals surface area contributed by atoms with Gasteiger partial charge in [0.05, 0.1) is 0 Å². The standard InChI is InChI=1S/C6H17NO3Si.C4H13N3/c1-8-11(9-2,10-3)6-4-5-7;5-1-3-7-4-2-6/h4-7H2,1-3H3;7H,1-6H2. The zero-order valence-corrected chi connectivity index (χ0v) is 12.9. The van der Waals surface area contributed by atoms with Gasteiger partial charge in [0, 0.05) is 53.6 Å². The third-order valence-electron chi connectivity index (χ3n) is 2.26. The summed E-state index contributed by atoms with van der Waals surface area (Å²) in [4.78, 5) is 0. The number of nitrogens with two attached hydrogens (primary N) is 3. The van der Waals surface area contributed by atoms with Crippen LogP contribution in [0.3, 0.4) is 0 Å². The van der Waals surface area contributed by atoms with Gasteiger partial charge in [-0.15, -0.1) is 0 Å². The summed E-state index contributed by atoms with van der Waals surface area (Å²) < 4.78 is 15.5. The van der Waals surface area contributed by atoms with E-state index in [4.69, 9.17) is 30.5 Å². The van der Waals surface area contributed by atoms with Gasteiger partial charge in [-0.1, -0.05) is 0 Å². The first-order valence-electron chi connectivity index (χ1n) is 6.12. The summed E-state index contributed by atoms with van der Waals surface area (Å²) in [5.41, 5.74) is 15.7. The van der Waals surface area contributed by atoms with E-state index < -0.39 is 8.80 Å². The van der Waals surface area contributed by atoms with Crippen LogP contribution in [-0.2, 0) is 13.3 Å². The van der Waals surface area contributed by atoms with Gasteiger partial charge in [-0.25, -0.2) is 0 Å². The van der Waals surface area contributed by atoms with Crippen LogP contribution in [0.25, 0.3) is 0 Å². The molecule has 0 saturated carbocycles. The van der Waals surface area contributed by atoms with Crippen LogP contribution in [0.15, 0.2) is 0 Å². The highest BCUT2D eigenvalue weighted by Gasteiger charge is 2.36. The number of hydrogen-bond donors (Lipinski definition) is 4. The molecule has 0 aliphatic carbocycles. The number of rotatable bonds is 10. The molecule has 0 aliphatic heterocycles. The summed E-state index contributed by atoms with van der Waals surface area (Å²) in [7, 11) is 2.50. The van der Waals surface area contributed by atoms with Crippen LogP contribution in [0.5, 0.6) is 0 Å². The molecule has 112 valence electrons. The molecule has 7 nitrogen and oxygen atoms in total. The van der Waals surface area contributed by atoms with Gasteiger partial charge in [0.25, 0.3) is 0 Å². The molecule has 0 atom stereocenters. The lowest BCUT2D eigenvalue weighted by Gasteiger charge is -2.23. The van der Waals surface area contributed by atoms with E-state index >= 15 is 0 Å². The van der Waals surface area contributed by atoms with Crippen LogP contribution >= 0.6 is 0 Å². The maximum atomic E-state index is 5.36. The van der Waals surface area contributed by atoms with Gasteiger partial charge in [0.15, 0.2) is 0 Å². The van der Waals surface area contributed by atoms with Crippen LogP contribution < -0.4 is 22.5 Å². The van der Waals surface area contributed by atoms with Crippen molar-refractivity contribution in [2.45, 2.75) is 12.5 Å². The molecule has 0 spiro atoms. The molecule has 0 unspecified atom stereocenters. The fourth-order valence-electron chi connectivity index (χ4n) is 1.20. The largest absolute Gasteiger partial charge is 0.500 e. The molecule has 0 radical (unpaired) electrons. The second-order valence-corrected chi connectivity index (χ2v) is 6.61. The third-order valence-corrected chi connectivity index (χ3v) is 5.09. The SMILES string of the molecule is CO[Si](CCCN)(OC)OC.NCCNCCN. The van der Waals surface area contributed by atoms with Gasteiger partial charge < -0.3 is 35.8 Å². The maximum Gasteiger partial charge on any atom is 0.500 e. The maximum absolute atomic E-state index is 5.36. The highest BCUT2D eigenvalue weighted by molar-refractivity contribution is 6.60. The molecular formula is C10H30N4O3Si. The molecule has 8 heteroatoms. The highest BCUT2D eigenvalue weighted by Crippen LogP contribution is 2.13. The Morgan fingerprint density at radius 1 is 0.833 bits per heavy atom. The first kappa shape index (κ1) is 20.3. The van der Waals surface area contributed by atoms with Crippen LogP contribution in [-0.4, -0.2) is 62.9 Å². The Kier molecular flexibility index (Phi) is 16.9. The van der Waals surface area contributed by atoms with Gasteiger partial charge >= 0.3 is 8.80 Å². The Morgan fingerprint density at radius 3 is 1.56 bits per heavy atom. The zero-order valence-electron chi connectivity index (χ0n) is 11.9. The van der Waals surface area contributed by atoms with E-state index in [-0.39, 0.29) is 0 Å². The van der Waals surface area contributed by atoms with Gasteiger partial charge in [0.2, 0.25) is 0 Å². The topological polar surface area (TPSA) is 118 Å². The summed E-state index contributed by atoms with van der Waals surface area (Å²) in [5.74, 6) is 0. The van der Waals surface area contributed by atoms with E-state index in [1.165, 1.54) is 0 Å². The quantitative estimate of drug-likeness (QED) is 0.291. The van der Waals surface area contributed by atoms with Crippen molar-refractivity contribution in [2.75, 3.05) is 54.1 Å². The monoisotopic (exact) mass is 282 g/mol. The molecule has 0 aromatic carbocycles. The minimum atomic E-state index is -2.32. The molecule has 0 amide bonds. The molecule has 0 heterocycles. The fourth-order valence-corrected chi connectivity index (χ4v) is 2.95. The first-order chi connectivity index (χ1) is 8.66. The number of hydrogen-bond acceptors (Lipinski definition) is 7. The van der Waals surface area contributed by atoms with Gasteiger partial charge in [-0.2, -0.15) is 0 Å². The average molecular weight is 282 g/mol. The van der Waals surface area contributed by atoms with Gasteiger partial charge in [0.1, 0.15) is 0 Å². The predicted octanol–water partition coefficient (Wildman–Crippen LogP) is -1.29. The Morgan fingerprint density at radius 2 is 1.28 bits per heavy atom. The van der Waals surface area contributed by atoms with Crippen molar-refractivity contribution in [3.05, 3.63) is 0 Å². The molecule has 0 bridgehead atoms. The van der Waals surface area contributed by atoms with Crippen molar-refractivity contribution >= 4 is 8.80 Å². The van der Waals surface area contributed by atoms with E-state index in [2.05, 4.69) is 5.32 Å². The molecule has 0 aromatic rings. The molecule has 7 N–H and O–H groups in total. The smallest absolute Gasteiger partial charge is 0.377 e. The Bertz CT molecular complexity index is 150. The molecular weight excluding hydrogens is 252 g/mol. The lowest BCUT2D eigenvalue weighted by molar-refractivity contribution is 0.123. The minimum Gasteiger partial charge on any atom is -0.377 e. The lowest BCUT2D eigenvalue weighted by Crippen LogP contribution is -2.42. The van der Waals surface area contributed by atoms with Gasteiger partial charge in [-0.05, 0) is 13.0 Å². The minimum absolute atomic E-state index is 0.644. The first-order valence-corrected chi connectivity index (χ1v) is 8.05. The summed E-state index contributed by atoms with van der Waals surface area (Å²) in [6.45, 7) is 3.78. The van der Waals surface area contributed by atoms with Crippen molar-refractivity contribution in [3.8, 4) is 0 Å². The van der Waals surface area contributed by atoms with E-state index in [0.29, 0.717) is 19.6 Å². The van der Waals surface area contributed by atoms with E-state index in [1.807, 2.05) is 0 Å².